The first kappa shape index (κ1) is 9.26. The number of rotatable bonds is 3. The van der Waals surface area contributed by atoms with Crippen molar-refractivity contribution in [3.05, 3.63) is 23.7 Å². The predicted octanol–water partition coefficient (Wildman–Crippen LogP) is 1.77. The van der Waals surface area contributed by atoms with Gasteiger partial charge in [0, 0.05) is 6.54 Å². The largest absolute Gasteiger partial charge is 0.466 e. The van der Waals surface area contributed by atoms with Crippen molar-refractivity contribution in [2.45, 2.75) is 19.3 Å². The molecule has 2 nitrogen and oxygen atoms in total. The average molecular weight is 171 g/mol. The lowest BCUT2D eigenvalue weighted by Crippen LogP contribution is -2.33. The van der Waals surface area contributed by atoms with Gasteiger partial charge in [0.25, 0.3) is 0 Å². The molecule has 1 atom stereocenters. The Bertz CT molecular complexity index is 253. The van der Waals surface area contributed by atoms with Crippen LogP contribution in [0, 0.1) is 6.92 Å². The molecular weight excluding hydrogens is 157 g/mol. The van der Waals surface area contributed by atoms with Crippen LogP contribution in [-0.2, 0) is 5.41 Å². The molecule has 0 aliphatic heterocycles. The van der Waals surface area contributed by atoms with Crippen molar-refractivity contribution in [3.63, 3.8) is 0 Å². The van der Waals surface area contributed by atoms with E-state index in [-0.39, 0.29) is 6.54 Å². The summed E-state index contributed by atoms with van der Waals surface area (Å²) < 4.78 is 17.9. The first-order valence-electron chi connectivity index (χ1n) is 3.95. The van der Waals surface area contributed by atoms with Crippen molar-refractivity contribution in [2.24, 2.45) is 5.73 Å². The van der Waals surface area contributed by atoms with Gasteiger partial charge < -0.3 is 10.2 Å². The lowest BCUT2D eigenvalue weighted by Gasteiger charge is -2.20. The van der Waals surface area contributed by atoms with Crippen LogP contribution in [0.3, 0.4) is 0 Å². The standard InChI is InChI=1S/C9H14FNO/c1-7-3-4-8(12-7)9(2,5-10)6-11/h3-4H,5-6,11H2,1-2H3. The van der Waals surface area contributed by atoms with E-state index in [1.54, 1.807) is 13.0 Å². The van der Waals surface area contributed by atoms with Crippen LogP contribution in [0.25, 0.3) is 0 Å². The summed E-state index contributed by atoms with van der Waals surface area (Å²) in [4.78, 5) is 0. The quantitative estimate of drug-likeness (QED) is 0.752. The number of aryl methyl sites for hydroxylation is 1. The van der Waals surface area contributed by atoms with Crippen molar-refractivity contribution in [2.75, 3.05) is 13.2 Å². The SMILES string of the molecule is Cc1ccc(C(C)(CN)CF)o1. The summed E-state index contributed by atoms with van der Waals surface area (Å²) in [6, 6.07) is 3.60. The van der Waals surface area contributed by atoms with E-state index in [4.69, 9.17) is 10.2 Å². The maximum absolute atomic E-state index is 12.6. The van der Waals surface area contributed by atoms with Gasteiger partial charge in [0.15, 0.2) is 0 Å². The molecule has 0 amide bonds. The van der Waals surface area contributed by atoms with Gasteiger partial charge in [0.2, 0.25) is 0 Å². The van der Waals surface area contributed by atoms with Crippen molar-refractivity contribution >= 4 is 0 Å². The zero-order chi connectivity index (χ0) is 9.19. The second-order valence-electron chi connectivity index (χ2n) is 3.31. The van der Waals surface area contributed by atoms with Gasteiger partial charge in [-0.3, -0.25) is 0 Å². The van der Waals surface area contributed by atoms with Gasteiger partial charge >= 0.3 is 0 Å². The fraction of sp³-hybridized carbons (Fsp3) is 0.556. The predicted molar refractivity (Wildman–Crippen MR) is 45.8 cm³/mol. The van der Waals surface area contributed by atoms with Crippen molar-refractivity contribution < 1.29 is 8.81 Å². The Labute approximate surface area is 71.6 Å². The lowest BCUT2D eigenvalue weighted by molar-refractivity contribution is 0.280. The molecule has 0 aliphatic carbocycles. The molecule has 0 fully saturated rings. The van der Waals surface area contributed by atoms with E-state index in [0.717, 1.165) is 5.76 Å². The van der Waals surface area contributed by atoms with E-state index in [0.29, 0.717) is 5.76 Å². The minimum atomic E-state index is -0.658. The van der Waals surface area contributed by atoms with E-state index in [2.05, 4.69) is 0 Å². The lowest BCUT2D eigenvalue weighted by atomic mass is 9.90. The van der Waals surface area contributed by atoms with Crippen LogP contribution in [-0.4, -0.2) is 13.2 Å². The summed E-state index contributed by atoms with van der Waals surface area (Å²) in [6.07, 6.45) is 0. The molecule has 1 aromatic heterocycles. The molecule has 1 aromatic rings. The van der Waals surface area contributed by atoms with Gasteiger partial charge in [-0.2, -0.15) is 0 Å². The monoisotopic (exact) mass is 171 g/mol. The number of alkyl halides is 1. The maximum atomic E-state index is 12.6. The molecule has 0 bridgehead atoms. The molecule has 2 N–H and O–H groups in total. The van der Waals surface area contributed by atoms with Crippen LogP contribution < -0.4 is 5.73 Å². The van der Waals surface area contributed by atoms with Crippen LogP contribution in [0.1, 0.15) is 18.4 Å². The smallest absolute Gasteiger partial charge is 0.113 e. The zero-order valence-corrected chi connectivity index (χ0v) is 7.43. The third-order valence-corrected chi connectivity index (χ3v) is 2.08. The molecule has 1 rings (SSSR count). The van der Waals surface area contributed by atoms with Crippen molar-refractivity contribution in [1.29, 1.82) is 0 Å². The minimum absolute atomic E-state index is 0.260. The fourth-order valence-corrected chi connectivity index (χ4v) is 0.980. The van der Waals surface area contributed by atoms with E-state index in [9.17, 15) is 4.39 Å². The fourth-order valence-electron chi connectivity index (χ4n) is 0.980. The van der Waals surface area contributed by atoms with E-state index < -0.39 is 12.1 Å². The Hall–Kier alpha value is -0.830. The summed E-state index contributed by atoms with van der Waals surface area (Å²) in [6.45, 7) is 3.36. The highest BCUT2D eigenvalue weighted by atomic mass is 19.1. The van der Waals surface area contributed by atoms with Crippen molar-refractivity contribution in [3.8, 4) is 0 Å². The zero-order valence-electron chi connectivity index (χ0n) is 7.43. The molecule has 0 radical (unpaired) electrons. The van der Waals surface area contributed by atoms with Crippen LogP contribution in [0.2, 0.25) is 0 Å². The first-order valence-corrected chi connectivity index (χ1v) is 3.95. The van der Waals surface area contributed by atoms with E-state index >= 15 is 0 Å². The number of hydrogen-bond acceptors (Lipinski definition) is 2. The maximum Gasteiger partial charge on any atom is 0.113 e. The molecule has 68 valence electrons. The number of nitrogens with two attached hydrogens (primary N) is 1. The van der Waals surface area contributed by atoms with Gasteiger partial charge in [-0.1, -0.05) is 0 Å². The number of halogens is 1. The second kappa shape index (κ2) is 3.27. The van der Waals surface area contributed by atoms with Gasteiger partial charge in [-0.15, -0.1) is 0 Å². The molecule has 1 unspecified atom stereocenters. The molecule has 1 heterocycles. The molecule has 0 aromatic carbocycles. The molecule has 3 heteroatoms. The second-order valence-corrected chi connectivity index (χ2v) is 3.31. The van der Waals surface area contributed by atoms with Crippen LogP contribution in [0.4, 0.5) is 4.39 Å². The average Bonchev–Trinajstić information content (AvgIpc) is 2.51. The summed E-state index contributed by atoms with van der Waals surface area (Å²) >= 11 is 0. The molecule has 0 saturated heterocycles. The highest BCUT2D eigenvalue weighted by Gasteiger charge is 2.28. The van der Waals surface area contributed by atoms with Gasteiger partial charge in [0.1, 0.15) is 18.2 Å². The summed E-state index contributed by atoms with van der Waals surface area (Å²) in [7, 11) is 0. The molecule has 0 aliphatic rings. The van der Waals surface area contributed by atoms with Crippen LogP contribution in [0.5, 0.6) is 0 Å². The van der Waals surface area contributed by atoms with Gasteiger partial charge in [-0.05, 0) is 26.0 Å². The Morgan fingerprint density at radius 2 is 2.25 bits per heavy atom. The first-order chi connectivity index (χ1) is 5.62. The van der Waals surface area contributed by atoms with Crippen molar-refractivity contribution in [1.82, 2.24) is 0 Å². The summed E-state index contributed by atoms with van der Waals surface area (Å²) in [5.74, 6) is 1.42. The van der Waals surface area contributed by atoms with Crippen LogP contribution >= 0.6 is 0 Å². The Morgan fingerprint density at radius 1 is 1.58 bits per heavy atom. The number of furan rings is 1. The molecular formula is C9H14FNO. The molecule has 0 saturated carbocycles. The van der Waals surface area contributed by atoms with Gasteiger partial charge in [0.05, 0.1) is 5.41 Å². The topological polar surface area (TPSA) is 39.2 Å². The summed E-state index contributed by atoms with van der Waals surface area (Å²) in [5, 5.41) is 0. The third kappa shape index (κ3) is 1.50. The molecule has 12 heavy (non-hydrogen) atoms. The minimum Gasteiger partial charge on any atom is -0.466 e. The highest BCUT2D eigenvalue weighted by molar-refractivity contribution is 5.16. The van der Waals surface area contributed by atoms with E-state index in [1.165, 1.54) is 0 Å². The Balaban J connectivity index is 2.94. The van der Waals surface area contributed by atoms with Gasteiger partial charge in [-0.25, -0.2) is 4.39 Å². The summed E-state index contributed by atoms with van der Waals surface area (Å²) in [5.41, 5.74) is 4.80. The normalized spacial score (nSPS) is 16.0. The van der Waals surface area contributed by atoms with Crippen LogP contribution in [0.15, 0.2) is 16.5 Å². The Kier molecular flexibility index (Phi) is 2.52. The highest BCUT2D eigenvalue weighted by Crippen LogP contribution is 2.24. The molecule has 0 spiro atoms. The number of hydrogen-bond donors (Lipinski definition) is 1. The third-order valence-electron chi connectivity index (χ3n) is 2.08. The van der Waals surface area contributed by atoms with E-state index in [1.807, 2.05) is 13.0 Å². The Morgan fingerprint density at radius 3 is 2.58 bits per heavy atom.